The molecule has 2 unspecified atom stereocenters. The molecule has 4 heteroatoms. The quantitative estimate of drug-likeness (QED) is 0.777. The maximum atomic E-state index is 12.6. The molecular weight excluding hydrogens is 217 g/mol. The Morgan fingerprint density at radius 2 is 1.69 bits per heavy atom. The van der Waals surface area contributed by atoms with Crippen LogP contribution in [0.4, 0.5) is 13.2 Å². The standard InChI is InChI=1S/C12H19F3O/c1-11(16,12(13,14)15)7-10-6-8-2-4-9(10)5-3-8/h8-10,16H,2-7H2,1H3. The van der Waals surface area contributed by atoms with Crippen LogP contribution in [0.1, 0.15) is 45.4 Å². The first-order valence-corrected chi connectivity index (χ1v) is 6.09. The molecule has 1 nitrogen and oxygen atoms in total. The topological polar surface area (TPSA) is 20.2 Å². The van der Waals surface area contributed by atoms with E-state index in [4.69, 9.17) is 0 Å². The second-order valence-electron chi connectivity index (χ2n) is 5.75. The Balaban J connectivity index is 2.00. The molecule has 2 bridgehead atoms. The summed E-state index contributed by atoms with van der Waals surface area (Å²) in [7, 11) is 0. The summed E-state index contributed by atoms with van der Waals surface area (Å²) in [5.41, 5.74) is -2.50. The van der Waals surface area contributed by atoms with Gasteiger partial charge >= 0.3 is 6.18 Å². The fourth-order valence-electron chi connectivity index (χ4n) is 3.39. The van der Waals surface area contributed by atoms with Crippen LogP contribution in [-0.4, -0.2) is 16.9 Å². The first-order valence-electron chi connectivity index (χ1n) is 6.09. The van der Waals surface area contributed by atoms with Crippen molar-refractivity contribution >= 4 is 0 Å². The van der Waals surface area contributed by atoms with Gasteiger partial charge in [0.25, 0.3) is 0 Å². The van der Waals surface area contributed by atoms with Crippen LogP contribution in [0, 0.1) is 17.8 Å². The summed E-state index contributed by atoms with van der Waals surface area (Å²) in [6, 6.07) is 0. The lowest BCUT2D eigenvalue weighted by atomic mass is 9.62. The van der Waals surface area contributed by atoms with Crippen molar-refractivity contribution in [3.05, 3.63) is 0 Å². The molecule has 0 aliphatic heterocycles. The molecule has 16 heavy (non-hydrogen) atoms. The third-order valence-corrected chi connectivity index (χ3v) is 4.46. The number of hydrogen-bond donors (Lipinski definition) is 1. The number of aliphatic hydroxyl groups is 1. The predicted molar refractivity (Wildman–Crippen MR) is 54.9 cm³/mol. The Hall–Kier alpha value is -0.250. The van der Waals surface area contributed by atoms with Crippen molar-refractivity contribution < 1.29 is 18.3 Å². The van der Waals surface area contributed by atoms with Crippen LogP contribution in [0.5, 0.6) is 0 Å². The van der Waals surface area contributed by atoms with E-state index >= 15 is 0 Å². The van der Waals surface area contributed by atoms with Crippen molar-refractivity contribution in [2.75, 3.05) is 0 Å². The van der Waals surface area contributed by atoms with Crippen molar-refractivity contribution in [1.29, 1.82) is 0 Å². The third kappa shape index (κ3) is 2.22. The van der Waals surface area contributed by atoms with E-state index in [9.17, 15) is 18.3 Å². The molecule has 0 amide bonds. The minimum Gasteiger partial charge on any atom is -0.381 e. The Morgan fingerprint density at radius 3 is 2.06 bits per heavy atom. The SMILES string of the molecule is CC(O)(CC1CC2CCC1CC2)C(F)(F)F. The molecule has 2 atom stereocenters. The van der Waals surface area contributed by atoms with E-state index in [1.165, 1.54) is 12.8 Å². The van der Waals surface area contributed by atoms with Crippen LogP contribution in [0.3, 0.4) is 0 Å². The highest BCUT2D eigenvalue weighted by Crippen LogP contribution is 2.49. The molecule has 0 aromatic heterocycles. The summed E-state index contributed by atoms with van der Waals surface area (Å²) >= 11 is 0. The minimum atomic E-state index is -4.50. The Kier molecular flexibility index (Phi) is 2.97. The van der Waals surface area contributed by atoms with Gasteiger partial charge in [-0.2, -0.15) is 13.2 Å². The number of rotatable bonds is 2. The zero-order valence-corrected chi connectivity index (χ0v) is 9.56. The first-order chi connectivity index (χ1) is 7.29. The lowest BCUT2D eigenvalue weighted by Crippen LogP contribution is -2.46. The molecule has 3 aliphatic rings. The van der Waals surface area contributed by atoms with Gasteiger partial charge < -0.3 is 5.11 Å². The number of alkyl halides is 3. The second-order valence-corrected chi connectivity index (χ2v) is 5.75. The first kappa shape index (κ1) is 12.2. The average Bonchev–Trinajstić information content (AvgIpc) is 2.17. The Bertz CT molecular complexity index is 251. The van der Waals surface area contributed by atoms with Crippen LogP contribution >= 0.6 is 0 Å². The van der Waals surface area contributed by atoms with Crippen molar-refractivity contribution in [2.24, 2.45) is 17.8 Å². The van der Waals surface area contributed by atoms with E-state index < -0.39 is 11.8 Å². The van der Waals surface area contributed by atoms with Crippen molar-refractivity contribution in [3.8, 4) is 0 Å². The van der Waals surface area contributed by atoms with Gasteiger partial charge in [-0.3, -0.25) is 0 Å². The molecule has 0 aromatic carbocycles. The summed E-state index contributed by atoms with van der Waals surface area (Å²) in [5.74, 6) is 1.10. The van der Waals surface area contributed by atoms with Crippen LogP contribution in [0.2, 0.25) is 0 Å². The fourth-order valence-corrected chi connectivity index (χ4v) is 3.39. The van der Waals surface area contributed by atoms with Crippen molar-refractivity contribution in [2.45, 2.75) is 57.2 Å². The highest BCUT2D eigenvalue weighted by Gasteiger charge is 2.52. The van der Waals surface area contributed by atoms with E-state index in [2.05, 4.69) is 0 Å². The summed E-state index contributed by atoms with van der Waals surface area (Å²) in [4.78, 5) is 0. The normalized spacial score (nSPS) is 38.4. The molecule has 0 saturated heterocycles. The van der Waals surface area contributed by atoms with Gasteiger partial charge in [-0.25, -0.2) is 0 Å². The molecule has 0 heterocycles. The monoisotopic (exact) mass is 236 g/mol. The predicted octanol–water partition coefficient (Wildman–Crippen LogP) is 3.52. The molecule has 3 rings (SSSR count). The molecule has 0 aromatic rings. The van der Waals surface area contributed by atoms with Crippen LogP contribution < -0.4 is 0 Å². The van der Waals surface area contributed by atoms with Gasteiger partial charge in [-0.15, -0.1) is 0 Å². The lowest BCUT2D eigenvalue weighted by molar-refractivity contribution is -0.261. The van der Waals surface area contributed by atoms with Gasteiger partial charge in [0.15, 0.2) is 5.60 Å². The summed E-state index contributed by atoms with van der Waals surface area (Å²) < 4.78 is 37.7. The molecule has 1 N–H and O–H groups in total. The molecular formula is C12H19F3O. The van der Waals surface area contributed by atoms with Gasteiger partial charge in [0.05, 0.1) is 0 Å². The molecule has 3 saturated carbocycles. The number of fused-ring (bicyclic) bond motifs is 3. The Labute approximate surface area is 94.0 Å². The molecule has 3 aliphatic carbocycles. The number of halogens is 3. The summed E-state index contributed by atoms with van der Waals surface area (Å²) in [5, 5.41) is 9.51. The van der Waals surface area contributed by atoms with Crippen molar-refractivity contribution in [1.82, 2.24) is 0 Å². The van der Waals surface area contributed by atoms with E-state index in [1.807, 2.05) is 0 Å². The summed E-state index contributed by atoms with van der Waals surface area (Å²) in [6.45, 7) is 0.912. The highest BCUT2D eigenvalue weighted by molar-refractivity contribution is 4.92. The van der Waals surface area contributed by atoms with Gasteiger partial charge in [0.2, 0.25) is 0 Å². The third-order valence-electron chi connectivity index (χ3n) is 4.46. The molecule has 0 spiro atoms. The maximum Gasteiger partial charge on any atom is 0.416 e. The van der Waals surface area contributed by atoms with Crippen molar-refractivity contribution in [3.63, 3.8) is 0 Å². The average molecular weight is 236 g/mol. The highest BCUT2D eigenvalue weighted by atomic mass is 19.4. The van der Waals surface area contributed by atoms with E-state index in [-0.39, 0.29) is 12.3 Å². The second kappa shape index (κ2) is 3.90. The van der Waals surface area contributed by atoms with E-state index in [0.717, 1.165) is 26.2 Å². The van der Waals surface area contributed by atoms with Crippen LogP contribution in [-0.2, 0) is 0 Å². The van der Waals surface area contributed by atoms with Gasteiger partial charge in [0.1, 0.15) is 0 Å². The smallest absolute Gasteiger partial charge is 0.381 e. The molecule has 3 fully saturated rings. The van der Waals surface area contributed by atoms with Gasteiger partial charge in [-0.05, 0) is 50.4 Å². The van der Waals surface area contributed by atoms with Crippen LogP contribution in [0.15, 0.2) is 0 Å². The number of hydrogen-bond acceptors (Lipinski definition) is 1. The maximum absolute atomic E-state index is 12.6. The van der Waals surface area contributed by atoms with Gasteiger partial charge in [-0.1, -0.05) is 12.8 Å². The zero-order valence-electron chi connectivity index (χ0n) is 9.56. The Morgan fingerprint density at radius 1 is 1.12 bits per heavy atom. The molecule has 0 radical (unpaired) electrons. The zero-order chi connectivity index (χ0) is 12.0. The van der Waals surface area contributed by atoms with E-state index in [1.54, 1.807) is 0 Å². The minimum absolute atomic E-state index is 0.0733. The molecule has 94 valence electrons. The largest absolute Gasteiger partial charge is 0.416 e. The lowest BCUT2D eigenvalue weighted by Gasteiger charge is -2.44. The van der Waals surface area contributed by atoms with Crippen LogP contribution in [0.25, 0.3) is 0 Å². The van der Waals surface area contributed by atoms with Gasteiger partial charge in [0, 0.05) is 0 Å². The summed E-state index contributed by atoms with van der Waals surface area (Å²) in [6.07, 6.45) is 0.745. The fraction of sp³-hybridized carbons (Fsp3) is 1.00. The van der Waals surface area contributed by atoms with E-state index in [0.29, 0.717) is 11.8 Å².